The lowest BCUT2D eigenvalue weighted by molar-refractivity contribution is 0.325. The first-order chi connectivity index (χ1) is 9.33. The van der Waals surface area contributed by atoms with Crippen molar-refractivity contribution in [3.05, 3.63) is 29.8 Å². The Bertz CT molecular complexity index is 474. The molecule has 0 amide bonds. The molecule has 1 unspecified atom stereocenters. The Balaban J connectivity index is 0.00000147. The highest BCUT2D eigenvalue weighted by Crippen LogP contribution is 2.32. The van der Waals surface area contributed by atoms with Crippen LogP contribution in [0.1, 0.15) is 30.7 Å². The SMILES string of the molecule is I.NC(=NCC1CCC1)NCC1COc2ccccc21. The molecule has 0 saturated heterocycles. The second-order valence-corrected chi connectivity index (χ2v) is 5.45. The molecule has 1 aromatic carbocycles. The normalized spacial score (nSPS) is 21.4. The molecule has 1 aliphatic heterocycles. The summed E-state index contributed by atoms with van der Waals surface area (Å²) in [4.78, 5) is 4.41. The number of fused-ring (bicyclic) bond motifs is 1. The number of aliphatic imine (C=N–C) groups is 1. The number of nitrogens with one attached hydrogen (secondary N) is 1. The third kappa shape index (κ3) is 3.56. The van der Waals surface area contributed by atoms with Crippen molar-refractivity contribution in [1.29, 1.82) is 0 Å². The zero-order valence-corrected chi connectivity index (χ0v) is 13.9. The molecule has 2 aliphatic rings. The van der Waals surface area contributed by atoms with Crippen LogP contribution in [0.3, 0.4) is 0 Å². The van der Waals surface area contributed by atoms with E-state index in [-0.39, 0.29) is 24.0 Å². The number of rotatable bonds is 4. The molecule has 5 heteroatoms. The molecule has 0 spiro atoms. The predicted molar refractivity (Wildman–Crippen MR) is 91.9 cm³/mol. The molecular formula is C15H22IN3O. The minimum Gasteiger partial charge on any atom is -0.493 e. The second-order valence-electron chi connectivity index (χ2n) is 5.45. The molecular weight excluding hydrogens is 365 g/mol. The van der Waals surface area contributed by atoms with E-state index in [0.29, 0.717) is 11.9 Å². The van der Waals surface area contributed by atoms with E-state index < -0.39 is 0 Å². The van der Waals surface area contributed by atoms with Gasteiger partial charge in [0.1, 0.15) is 5.75 Å². The fourth-order valence-corrected chi connectivity index (χ4v) is 2.58. The Labute approximate surface area is 137 Å². The maximum absolute atomic E-state index is 5.90. The number of guanidine groups is 1. The summed E-state index contributed by atoms with van der Waals surface area (Å²) in [5.74, 6) is 2.69. The lowest BCUT2D eigenvalue weighted by Gasteiger charge is -2.23. The smallest absolute Gasteiger partial charge is 0.188 e. The van der Waals surface area contributed by atoms with Crippen LogP contribution in [0.2, 0.25) is 0 Å². The van der Waals surface area contributed by atoms with Crippen LogP contribution < -0.4 is 15.8 Å². The van der Waals surface area contributed by atoms with Gasteiger partial charge < -0.3 is 15.8 Å². The molecule has 0 aromatic heterocycles. The first-order valence-corrected chi connectivity index (χ1v) is 7.08. The van der Waals surface area contributed by atoms with Gasteiger partial charge in [-0.15, -0.1) is 24.0 Å². The van der Waals surface area contributed by atoms with Crippen molar-refractivity contribution in [3.63, 3.8) is 0 Å². The summed E-state index contributed by atoms with van der Waals surface area (Å²) >= 11 is 0. The zero-order chi connectivity index (χ0) is 13.1. The van der Waals surface area contributed by atoms with Crippen molar-refractivity contribution >= 4 is 29.9 Å². The first kappa shape index (κ1) is 15.4. The van der Waals surface area contributed by atoms with E-state index in [0.717, 1.165) is 31.4 Å². The van der Waals surface area contributed by atoms with Crippen LogP contribution in [-0.4, -0.2) is 25.7 Å². The van der Waals surface area contributed by atoms with E-state index in [1.54, 1.807) is 0 Å². The largest absolute Gasteiger partial charge is 0.493 e. The van der Waals surface area contributed by atoms with Gasteiger partial charge in [-0.2, -0.15) is 0 Å². The van der Waals surface area contributed by atoms with Gasteiger partial charge in [0.05, 0.1) is 6.61 Å². The van der Waals surface area contributed by atoms with Crippen LogP contribution in [0.4, 0.5) is 0 Å². The summed E-state index contributed by atoms with van der Waals surface area (Å²) in [7, 11) is 0. The van der Waals surface area contributed by atoms with Gasteiger partial charge in [-0.1, -0.05) is 24.6 Å². The molecule has 20 heavy (non-hydrogen) atoms. The van der Waals surface area contributed by atoms with E-state index in [1.165, 1.54) is 24.8 Å². The first-order valence-electron chi connectivity index (χ1n) is 7.08. The maximum Gasteiger partial charge on any atom is 0.188 e. The maximum atomic E-state index is 5.90. The van der Waals surface area contributed by atoms with Gasteiger partial charge in [-0.05, 0) is 24.8 Å². The highest BCUT2D eigenvalue weighted by molar-refractivity contribution is 14.0. The van der Waals surface area contributed by atoms with Gasteiger partial charge in [0.25, 0.3) is 0 Å². The van der Waals surface area contributed by atoms with Crippen LogP contribution in [-0.2, 0) is 0 Å². The summed E-state index contributed by atoms with van der Waals surface area (Å²) in [6.07, 6.45) is 3.96. The highest BCUT2D eigenvalue weighted by atomic mass is 127. The number of nitrogens with zero attached hydrogens (tertiary/aromatic N) is 1. The summed E-state index contributed by atoms with van der Waals surface area (Å²) < 4.78 is 5.65. The fraction of sp³-hybridized carbons (Fsp3) is 0.533. The second kappa shape index (κ2) is 7.15. The third-order valence-electron chi connectivity index (χ3n) is 4.07. The Morgan fingerprint density at radius 2 is 2.15 bits per heavy atom. The molecule has 3 rings (SSSR count). The van der Waals surface area contributed by atoms with Crippen LogP contribution >= 0.6 is 24.0 Å². The lowest BCUT2D eigenvalue weighted by Crippen LogP contribution is -2.36. The quantitative estimate of drug-likeness (QED) is 0.474. The van der Waals surface area contributed by atoms with E-state index in [2.05, 4.69) is 22.4 Å². The van der Waals surface area contributed by atoms with E-state index in [9.17, 15) is 0 Å². The number of ether oxygens (including phenoxy) is 1. The fourth-order valence-electron chi connectivity index (χ4n) is 2.58. The number of nitrogens with two attached hydrogens (primary N) is 1. The number of hydrogen-bond donors (Lipinski definition) is 2. The van der Waals surface area contributed by atoms with Crippen LogP contribution in [0.25, 0.3) is 0 Å². The molecule has 3 N–H and O–H groups in total. The zero-order valence-electron chi connectivity index (χ0n) is 11.5. The highest BCUT2D eigenvalue weighted by Gasteiger charge is 2.23. The number of halogens is 1. The van der Waals surface area contributed by atoms with Crippen molar-refractivity contribution in [1.82, 2.24) is 5.32 Å². The van der Waals surface area contributed by atoms with E-state index in [1.807, 2.05) is 12.1 Å². The predicted octanol–water partition coefficient (Wildman–Crippen LogP) is 2.49. The topological polar surface area (TPSA) is 59.6 Å². The van der Waals surface area contributed by atoms with E-state index >= 15 is 0 Å². The van der Waals surface area contributed by atoms with Gasteiger partial charge in [0.15, 0.2) is 5.96 Å². The summed E-state index contributed by atoms with van der Waals surface area (Å²) in [5.41, 5.74) is 7.16. The average molecular weight is 387 g/mol. The molecule has 110 valence electrons. The molecule has 1 saturated carbocycles. The van der Waals surface area contributed by atoms with Gasteiger partial charge in [-0.3, -0.25) is 4.99 Å². The minimum absolute atomic E-state index is 0. The number of para-hydroxylation sites is 1. The molecule has 1 atom stereocenters. The van der Waals surface area contributed by atoms with Crippen molar-refractivity contribution < 1.29 is 4.74 Å². The van der Waals surface area contributed by atoms with Gasteiger partial charge in [0.2, 0.25) is 0 Å². The molecule has 1 aliphatic carbocycles. The van der Waals surface area contributed by atoms with Crippen molar-refractivity contribution in [2.45, 2.75) is 25.2 Å². The third-order valence-corrected chi connectivity index (χ3v) is 4.07. The number of benzene rings is 1. The summed E-state index contributed by atoms with van der Waals surface area (Å²) in [5, 5.41) is 3.22. The average Bonchev–Trinajstić information content (AvgIpc) is 2.78. The minimum atomic E-state index is 0. The van der Waals surface area contributed by atoms with Crippen molar-refractivity contribution in [2.75, 3.05) is 19.7 Å². The van der Waals surface area contributed by atoms with E-state index in [4.69, 9.17) is 10.5 Å². The number of hydrogen-bond acceptors (Lipinski definition) is 2. The monoisotopic (exact) mass is 387 g/mol. The lowest BCUT2D eigenvalue weighted by atomic mass is 9.86. The van der Waals surface area contributed by atoms with Gasteiger partial charge >= 0.3 is 0 Å². The Hall–Kier alpha value is -0.980. The Kier molecular flexibility index (Phi) is 5.51. The molecule has 0 radical (unpaired) electrons. The Morgan fingerprint density at radius 1 is 1.35 bits per heavy atom. The summed E-state index contributed by atoms with van der Waals surface area (Å²) in [6.45, 7) is 2.38. The van der Waals surface area contributed by atoms with Crippen LogP contribution in [0.5, 0.6) is 5.75 Å². The molecule has 0 bridgehead atoms. The van der Waals surface area contributed by atoms with Crippen molar-refractivity contribution in [3.8, 4) is 5.75 Å². The van der Waals surface area contributed by atoms with Crippen LogP contribution in [0.15, 0.2) is 29.3 Å². The molecule has 1 heterocycles. The van der Waals surface area contributed by atoms with Gasteiger partial charge in [-0.25, -0.2) is 0 Å². The van der Waals surface area contributed by atoms with Crippen LogP contribution in [0, 0.1) is 5.92 Å². The summed E-state index contributed by atoms with van der Waals surface area (Å²) in [6, 6.07) is 8.19. The molecule has 1 fully saturated rings. The molecule has 1 aromatic rings. The Morgan fingerprint density at radius 3 is 2.90 bits per heavy atom. The molecule has 4 nitrogen and oxygen atoms in total. The standard InChI is InChI=1S/C15H21N3O.HI/c16-15(17-8-11-4-3-5-11)18-9-12-10-19-14-7-2-1-6-13(12)14;/h1-2,6-7,11-12H,3-5,8-10H2,(H3,16,17,18);1H. The van der Waals surface area contributed by atoms with Crippen molar-refractivity contribution in [2.24, 2.45) is 16.6 Å². The van der Waals surface area contributed by atoms with Gasteiger partial charge in [0, 0.05) is 24.6 Å².